The van der Waals surface area contributed by atoms with E-state index in [1.807, 2.05) is 37.5 Å². The van der Waals surface area contributed by atoms with Gasteiger partial charge in [0.1, 0.15) is 5.82 Å². The summed E-state index contributed by atoms with van der Waals surface area (Å²) in [6, 6.07) is 5.96. The van der Waals surface area contributed by atoms with Gasteiger partial charge >= 0.3 is 0 Å². The molecular formula is C15H21N3O2. The number of aryl methyl sites for hydroxylation is 1. The Hall–Kier alpha value is -2.01. The summed E-state index contributed by atoms with van der Waals surface area (Å²) in [5.74, 6) is 2.56. The van der Waals surface area contributed by atoms with Crippen LogP contribution in [0.1, 0.15) is 11.4 Å². The fraction of sp³-hybridized carbons (Fsp3) is 0.400. The highest BCUT2D eigenvalue weighted by molar-refractivity contribution is 5.42. The van der Waals surface area contributed by atoms with Gasteiger partial charge in [0, 0.05) is 32.0 Å². The normalized spacial score (nSPS) is 10.6. The number of hydrogen-bond acceptors (Lipinski definition) is 4. The van der Waals surface area contributed by atoms with E-state index in [0.717, 1.165) is 37.0 Å². The minimum absolute atomic E-state index is 0.755. The molecule has 0 saturated heterocycles. The lowest BCUT2D eigenvalue weighted by Crippen LogP contribution is -2.19. The number of rotatable bonds is 7. The van der Waals surface area contributed by atoms with Crippen LogP contribution in [0.25, 0.3) is 0 Å². The van der Waals surface area contributed by atoms with Crippen LogP contribution in [0.2, 0.25) is 0 Å². The molecule has 0 saturated carbocycles. The third kappa shape index (κ3) is 3.51. The summed E-state index contributed by atoms with van der Waals surface area (Å²) >= 11 is 0. The highest BCUT2D eigenvalue weighted by Gasteiger charge is 2.04. The fourth-order valence-electron chi connectivity index (χ4n) is 2.06. The Labute approximate surface area is 119 Å². The zero-order chi connectivity index (χ0) is 14.4. The highest BCUT2D eigenvalue weighted by atomic mass is 16.5. The Morgan fingerprint density at radius 1 is 1.20 bits per heavy atom. The zero-order valence-corrected chi connectivity index (χ0v) is 12.2. The summed E-state index contributed by atoms with van der Waals surface area (Å²) in [4.78, 5) is 4.20. The zero-order valence-electron chi connectivity index (χ0n) is 12.2. The third-order valence-corrected chi connectivity index (χ3v) is 3.23. The summed E-state index contributed by atoms with van der Waals surface area (Å²) in [5.41, 5.74) is 1.17. The lowest BCUT2D eigenvalue weighted by molar-refractivity contribution is 0.354. The average Bonchev–Trinajstić information content (AvgIpc) is 2.88. The molecule has 2 aromatic rings. The van der Waals surface area contributed by atoms with E-state index in [2.05, 4.69) is 14.9 Å². The van der Waals surface area contributed by atoms with Crippen molar-refractivity contribution in [2.24, 2.45) is 0 Å². The molecule has 0 spiro atoms. The van der Waals surface area contributed by atoms with Crippen molar-refractivity contribution in [3.63, 3.8) is 0 Å². The number of methoxy groups -OCH3 is 2. The van der Waals surface area contributed by atoms with Crippen molar-refractivity contribution < 1.29 is 9.47 Å². The van der Waals surface area contributed by atoms with Gasteiger partial charge in [0.15, 0.2) is 11.5 Å². The first-order valence-corrected chi connectivity index (χ1v) is 6.64. The number of aromatic nitrogens is 2. The SMILES string of the molecule is COc1ccc(CNCCn2ccnc2C)cc1OC. The Morgan fingerprint density at radius 3 is 2.65 bits per heavy atom. The van der Waals surface area contributed by atoms with E-state index >= 15 is 0 Å². The predicted octanol–water partition coefficient (Wildman–Crippen LogP) is 2.00. The van der Waals surface area contributed by atoms with Crippen molar-refractivity contribution in [2.45, 2.75) is 20.0 Å². The molecule has 1 aromatic heterocycles. The topological polar surface area (TPSA) is 48.3 Å². The third-order valence-electron chi connectivity index (χ3n) is 3.23. The molecule has 0 radical (unpaired) electrons. The molecule has 0 atom stereocenters. The van der Waals surface area contributed by atoms with E-state index in [0.29, 0.717) is 0 Å². The lowest BCUT2D eigenvalue weighted by atomic mass is 10.2. The number of nitrogens with zero attached hydrogens (tertiary/aromatic N) is 2. The largest absolute Gasteiger partial charge is 0.493 e. The quantitative estimate of drug-likeness (QED) is 0.785. The molecule has 0 bridgehead atoms. The first-order valence-electron chi connectivity index (χ1n) is 6.64. The Bertz CT molecular complexity index is 552. The van der Waals surface area contributed by atoms with Gasteiger partial charge in [0.05, 0.1) is 14.2 Å². The van der Waals surface area contributed by atoms with Gasteiger partial charge in [0.2, 0.25) is 0 Å². The van der Waals surface area contributed by atoms with Crippen LogP contribution in [-0.4, -0.2) is 30.3 Å². The van der Waals surface area contributed by atoms with Crippen LogP contribution in [0.15, 0.2) is 30.6 Å². The van der Waals surface area contributed by atoms with Gasteiger partial charge in [-0.25, -0.2) is 4.98 Å². The van der Waals surface area contributed by atoms with Gasteiger partial charge in [-0.2, -0.15) is 0 Å². The smallest absolute Gasteiger partial charge is 0.161 e. The molecule has 108 valence electrons. The van der Waals surface area contributed by atoms with E-state index in [4.69, 9.17) is 9.47 Å². The Morgan fingerprint density at radius 2 is 2.00 bits per heavy atom. The predicted molar refractivity (Wildman–Crippen MR) is 78.2 cm³/mol. The molecule has 1 aromatic carbocycles. The van der Waals surface area contributed by atoms with Gasteiger partial charge in [-0.05, 0) is 24.6 Å². The van der Waals surface area contributed by atoms with E-state index in [-0.39, 0.29) is 0 Å². The number of ether oxygens (including phenoxy) is 2. The maximum Gasteiger partial charge on any atom is 0.161 e. The molecule has 5 heteroatoms. The van der Waals surface area contributed by atoms with Crippen LogP contribution < -0.4 is 14.8 Å². The van der Waals surface area contributed by atoms with Crippen molar-refractivity contribution in [3.8, 4) is 11.5 Å². The Kier molecular flexibility index (Phi) is 5.01. The van der Waals surface area contributed by atoms with E-state index in [1.165, 1.54) is 5.56 Å². The van der Waals surface area contributed by atoms with Crippen LogP contribution in [0.5, 0.6) is 11.5 Å². The van der Waals surface area contributed by atoms with Gasteiger partial charge < -0.3 is 19.4 Å². The maximum atomic E-state index is 5.29. The van der Waals surface area contributed by atoms with Crippen LogP contribution in [0.4, 0.5) is 0 Å². The second-order valence-electron chi connectivity index (χ2n) is 4.53. The van der Waals surface area contributed by atoms with Crippen molar-refractivity contribution in [1.29, 1.82) is 0 Å². The molecular weight excluding hydrogens is 254 g/mol. The summed E-state index contributed by atoms with van der Waals surface area (Å²) in [6.07, 6.45) is 3.82. The van der Waals surface area contributed by atoms with Gasteiger partial charge in [-0.15, -0.1) is 0 Å². The van der Waals surface area contributed by atoms with E-state index in [9.17, 15) is 0 Å². The molecule has 1 heterocycles. The van der Waals surface area contributed by atoms with Crippen molar-refractivity contribution in [3.05, 3.63) is 42.0 Å². The van der Waals surface area contributed by atoms with Crippen molar-refractivity contribution >= 4 is 0 Å². The van der Waals surface area contributed by atoms with Crippen LogP contribution in [0, 0.1) is 6.92 Å². The van der Waals surface area contributed by atoms with Gasteiger partial charge in [-0.1, -0.05) is 6.07 Å². The maximum absolute atomic E-state index is 5.29. The molecule has 0 unspecified atom stereocenters. The molecule has 20 heavy (non-hydrogen) atoms. The molecule has 0 aliphatic carbocycles. The fourth-order valence-corrected chi connectivity index (χ4v) is 2.06. The number of nitrogens with one attached hydrogen (secondary N) is 1. The summed E-state index contributed by atoms with van der Waals surface area (Å²) < 4.78 is 12.6. The molecule has 1 N–H and O–H groups in total. The van der Waals surface area contributed by atoms with Crippen LogP contribution in [0.3, 0.4) is 0 Å². The molecule has 2 rings (SSSR count). The number of benzene rings is 1. The summed E-state index contributed by atoms with van der Waals surface area (Å²) in [7, 11) is 3.29. The molecule has 0 aliphatic heterocycles. The molecule has 0 aliphatic rings. The summed E-state index contributed by atoms with van der Waals surface area (Å²) in [6.45, 7) is 4.62. The van der Waals surface area contributed by atoms with Crippen molar-refractivity contribution in [2.75, 3.05) is 20.8 Å². The Balaban J connectivity index is 1.83. The molecule has 5 nitrogen and oxygen atoms in total. The van der Waals surface area contributed by atoms with E-state index in [1.54, 1.807) is 14.2 Å². The number of hydrogen-bond donors (Lipinski definition) is 1. The summed E-state index contributed by atoms with van der Waals surface area (Å²) in [5, 5.41) is 3.41. The van der Waals surface area contributed by atoms with Gasteiger partial charge in [-0.3, -0.25) is 0 Å². The number of imidazole rings is 1. The average molecular weight is 275 g/mol. The standard InChI is InChI=1S/C15H21N3O2/c1-12-17-7-9-18(12)8-6-16-11-13-4-5-14(19-2)15(10-13)20-3/h4-5,7,9-10,16H,6,8,11H2,1-3H3. The first-order chi connectivity index (χ1) is 9.74. The molecule has 0 fully saturated rings. The van der Waals surface area contributed by atoms with Crippen LogP contribution >= 0.6 is 0 Å². The van der Waals surface area contributed by atoms with Crippen molar-refractivity contribution in [1.82, 2.24) is 14.9 Å². The molecule has 0 amide bonds. The monoisotopic (exact) mass is 275 g/mol. The first kappa shape index (κ1) is 14.4. The lowest BCUT2D eigenvalue weighted by Gasteiger charge is -2.11. The minimum atomic E-state index is 0.755. The minimum Gasteiger partial charge on any atom is -0.493 e. The van der Waals surface area contributed by atoms with Crippen LogP contribution in [-0.2, 0) is 13.1 Å². The van der Waals surface area contributed by atoms with Gasteiger partial charge in [0.25, 0.3) is 0 Å². The second kappa shape index (κ2) is 6.96. The second-order valence-corrected chi connectivity index (χ2v) is 4.53. The van der Waals surface area contributed by atoms with E-state index < -0.39 is 0 Å². The highest BCUT2D eigenvalue weighted by Crippen LogP contribution is 2.27.